The Morgan fingerprint density at radius 3 is 3.00 bits per heavy atom. The molecule has 0 aromatic carbocycles. The zero-order chi connectivity index (χ0) is 12.7. The lowest BCUT2D eigenvalue weighted by Crippen LogP contribution is -2.41. The molecule has 0 bridgehead atoms. The quantitative estimate of drug-likeness (QED) is 0.731. The highest BCUT2D eigenvalue weighted by molar-refractivity contribution is 5.76. The van der Waals surface area contributed by atoms with Crippen molar-refractivity contribution in [2.45, 2.75) is 26.7 Å². The van der Waals surface area contributed by atoms with Crippen molar-refractivity contribution in [2.24, 2.45) is 17.8 Å². The second-order valence-electron chi connectivity index (χ2n) is 5.30. The molecule has 0 aromatic heterocycles. The Labute approximate surface area is 104 Å². The van der Waals surface area contributed by atoms with Crippen LogP contribution in [0.1, 0.15) is 26.7 Å². The van der Waals surface area contributed by atoms with E-state index in [0.29, 0.717) is 30.8 Å². The minimum absolute atomic E-state index is 0.153. The minimum Gasteiger partial charge on any atom is -0.384 e. The third-order valence-electron chi connectivity index (χ3n) is 3.51. The van der Waals surface area contributed by atoms with E-state index in [1.807, 2.05) is 6.92 Å². The Balaban J connectivity index is 2.18. The molecule has 1 fully saturated rings. The van der Waals surface area contributed by atoms with E-state index < -0.39 is 0 Å². The molecule has 0 spiro atoms. The van der Waals surface area contributed by atoms with Gasteiger partial charge in [-0.1, -0.05) is 13.8 Å². The van der Waals surface area contributed by atoms with Crippen molar-refractivity contribution in [3.63, 3.8) is 0 Å². The summed E-state index contributed by atoms with van der Waals surface area (Å²) in [6.45, 7) is 7.90. The summed E-state index contributed by atoms with van der Waals surface area (Å²) in [7, 11) is 1.67. The van der Waals surface area contributed by atoms with Gasteiger partial charge in [0.15, 0.2) is 0 Å². The normalized spacial score (nSPS) is 26.5. The molecule has 0 aromatic rings. The summed E-state index contributed by atoms with van der Waals surface area (Å²) in [6.07, 6.45) is 1.72. The Kier molecular flexibility index (Phi) is 6.52. The average Bonchev–Trinajstić information content (AvgIpc) is 2.28. The lowest BCUT2D eigenvalue weighted by atomic mass is 9.88. The van der Waals surface area contributed by atoms with E-state index in [1.165, 1.54) is 0 Å². The maximum absolute atomic E-state index is 11.7. The van der Waals surface area contributed by atoms with E-state index in [9.17, 15) is 4.79 Å². The van der Waals surface area contributed by atoms with Crippen LogP contribution < -0.4 is 10.6 Å². The molecule has 1 heterocycles. The Morgan fingerprint density at radius 1 is 1.59 bits per heavy atom. The Morgan fingerprint density at radius 2 is 2.35 bits per heavy atom. The van der Waals surface area contributed by atoms with Crippen LogP contribution in [-0.4, -0.2) is 39.3 Å². The monoisotopic (exact) mass is 242 g/mol. The van der Waals surface area contributed by atoms with Crippen molar-refractivity contribution in [1.29, 1.82) is 0 Å². The standard InChI is InChI=1S/C13H26N2O2/c1-10(9-17-3)6-13(16)15-8-12-4-5-14-7-11(12)2/h10-12,14H,4-9H2,1-3H3,(H,15,16). The molecule has 3 unspecified atom stereocenters. The molecule has 17 heavy (non-hydrogen) atoms. The van der Waals surface area contributed by atoms with Crippen LogP contribution in [0.2, 0.25) is 0 Å². The highest BCUT2D eigenvalue weighted by Crippen LogP contribution is 2.17. The molecular weight excluding hydrogens is 216 g/mol. The van der Waals surface area contributed by atoms with Crippen molar-refractivity contribution in [3.8, 4) is 0 Å². The van der Waals surface area contributed by atoms with Crippen LogP contribution in [0.5, 0.6) is 0 Å². The summed E-state index contributed by atoms with van der Waals surface area (Å²) >= 11 is 0. The van der Waals surface area contributed by atoms with Gasteiger partial charge in [-0.05, 0) is 37.3 Å². The van der Waals surface area contributed by atoms with Gasteiger partial charge in [-0.15, -0.1) is 0 Å². The van der Waals surface area contributed by atoms with E-state index in [0.717, 1.165) is 26.1 Å². The van der Waals surface area contributed by atoms with Crippen molar-refractivity contribution < 1.29 is 9.53 Å². The van der Waals surface area contributed by atoms with Crippen molar-refractivity contribution in [2.75, 3.05) is 33.4 Å². The third kappa shape index (κ3) is 5.50. The van der Waals surface area contributed by atoms with Gasteiger partial charge in [-0.2, -0.15) is 0 Å². The molecule has 3 atom stereocenters. The SMILES string of the molecule is COCC(C)CC(=O)NCC1CCNCC1C. The van der Waals surface area contributed by atoms with Crippen LogP contribution >= 0.6 is 0 Å². The van der Waals surface area contributed by atoms with Crippen LogP contribution in [0.4, 0.5) is 0 Å². The predicted octanol–water partition coefficient (Wildman–Crippen LogP) is 1.02. The van der Waals surface area contributed by atoms with Gasteiger partial charge in [0.2, 0.25) is 5.91 Å². The summed E-state index contributed by atoms with van der Waals surface area (Å²) in [5.74, 6) is 1.73. The number of piperidine rings is 1. The van der Waals surface area contributed by atoms with Crippen molar-refractivity contribution in [3.05, 3.63) is 0 Å². The first-order valence-corrected chi connectivity index (χ1v) is 6.59. The molecular formula is C13H26N2O2. The number of nitrogens with one attached hydrogen (secondary N) is 2. The van der Waals surface area contributed by atoms with Crippen LogP contribution in [0.3, 0.4) is 0 Å². The molecule has 4 heteroatoms. The molecule has 1 rings (SSSR count). The minimum atomic E-state index is 0.153. The number of ether oxygens (including phenoxy) is 1. The average molecular weight is 242 g/mol. The zero-order valence-corrected chi connectivity index (χ0v) is 11.3. The largest absolute Gasteiger partial charge is 0.384 e. The van der Waals surface area contributed by atoms with Crippen molar-refractivity contribution in [1.82, 2.24) is 10.6 Å². The van der Waals surface area contributed by atoms with Gasteiger partial charge in [-0.3, -0.25) is 4.79 Å². The van der Waals surface area contributed by atoms with E-state index in [1.54, 1.807) is 7.11 Å². The van der Waals surface area contributed by atoms with Crippen LogP contribution in [0, 0.1) is 17.8 Å². The number of hydrogen-bond donors (Lipinski definition) is 2. The predicted molar refractivity (Wildman–Crippen MR) is 68.8 cm³/mol. The van der Waals surface area contributed by atoms with E-state index in [4.69, 9.17) is 4.74 Å². The summed E-state index contributed by atoms with van der Waals surface area (Å²) in [5, 5.41) is 6.42. The first-order chi connectivity index (χ1) is 8.13. The molecule has 1 amide bonds. The second-order valence-corrected chi connectivity index (χ2v) is 5.30. The fourth-order valence-electron chi connectivity index (χ4n) is 2.35. The summed E-state index contributed by atoms with van der Waals surface area (Å²) in [4.78, 5) is 11.7. The van der Waals surface area contributed by atoms with Gasteiger partial charge in [0, 0.05) is 26.7 Å². The molecule has 1 aliphatic rings. The van der Waals surface area contributed by atoms with Crippen LogP contribution in [0.25, 0.3) is 0 Å². The number of amides is 1. The fourth-order valence-corrected chi connectivity index (χ4v) is 2.35. The lowest BCUT2D eigenvalue weighted by Gasteiger charge is -2.29. The first-order valence-electron chi connectivity index (χ1n) is 6.59. The van der Waals surface area contributed by atoms with Gasteiger partial charge in [0.25, 0.3) is 0 Å². The number of hydrogen-bond acceptors (Lipinski definition) is 3. The molecule has 0 saturated carbocycles. The Bertz CT molecular complexity index is 233. The number of carbonyl (C=O) groups excluding carboxylic acids is 1. The molecule has 4 nitrogen and oxygen atoms in total. The topological polar surface area (TPSA) is 50.4 Å². The second kappa shape index (κ2) is 7.67. The Hall–Kier alpha value is -0.610. The highest BCUT2D eigenvalue weighted by Gasteiger charge is 2.21. The number of carbonyl (C=O) groups is 1. The number of methoxy groups -OCH3 is 1. The van der Waals surface area contributed by atoms with E-state index >= 15 is 0 Å². The molecule has 0 radical (unpaired) electrons. The summed E-state index contributed by atoms with van der Waals surface area (Å²) in [5.41, 5.74) is 0. The lowest BCUT2D eigenvalue weighted by molar-refractivity contribution is -0.122. The van der Waals surface area contributed by atoms with E-state index in [2.05, 4.69) is 17.6 Å². The highest BCUT2D eigenvalue weighted by atomic mass is 16.5. The van der Waals surface area contributed by atoms with Gasteiger partial charge >= 0.3 is 0 Å². The van der Waals surface area contributed by atoms with Crippen LogP contribution in [-0.2, 0) is 9.53 Å². The summed E-state index contributed by atoms with van der Waals surface area (Å²) in [6, 6.07) is 0. The van der Waals surface area contributed by atoms with Gasteiger partial charge in [-0.25, -0.2) is 0 Å². The van der Waals surface area contributed by atoms with E-state index in [-0.39, 0.29) is 5.91 Å². The fraction of sp³-hybridized carbons (Fsp3) is 0.923. The number of rotatable bonds is 6. The molecule has 1 aliphatic heterocycles. The molecule has 2 N–H and O–H groups in total. The smallest absolute Gasteiger partial charge is 0.220 e. The first kappa shape index (κ1) is 14.5. The molecule has 100 valence electrons. The molecule has 1 saturated heterocycles. The third-order valence-corrected chi connectivity index (χ3v) is 3.51. The zero-order valence-electron chi connectivity index (χ0n) is 11.3. The maximum atomic E-state index is 11.7. The van der Waals surface area contributed by atoms with Gasteiger partial charge < -0.3 is 15.4 Å². The van der Waals surface area contributed by atoms with Gasteiger partial charge in [0.1, 0.15) is 0 Å². The van der Waals surface area contributed by atoms with Crippen LogP contribution in [0.15, 0.2) is 0 Å². The van der Waals surface area contributed by atoms with Gasteiger partial charge in [0.05, 0.1) is 0 Å². The maximum Gasteiger partial charge on any atom is 0.220 e. The summed E-state index contributed by atoms with van der Waals surface area (Å²) < 4.78 is 5.03. The van der Waals surface area contributed by atoms with Crippen molar-refractivity contribution >= 4 is 5.91 Å². The molecule has 0 aliphatic carbocycles.